The lowest BCUT2D eigenvalue weighted by molar-refractivity contribution is -0.116. The molecule has 0 aliphatic carbocycles. The molecular formula is C27H34N4O5. The molecule has 192 valence electrons. The molecule has 0 aliphatic heterocycles. The molecule has 1 aromatic heterocycles. The quantitative estimate of drug-likeness (QED) is 0.350. The van der Waals surface area contributed by atoms with Gasteiger partial charge in [0.1, 0.15) is 5.60 Å². The van der Waals surface area contributed by atoms with Crippen LogP contribution in [-0.2, 0) is 14.3 Å². The van der Waals surface area contributed by atoms with Crippen LogP contribution in [0, 0.1) is 0 Å². The van der Waals surface area contributed by atoms with E-state index in [9.17, 15) is 14.4 Å². The van der Waals surface area contributed by atoms with Crippen LogP contribution in [0.15, 0.2) is 61.8 Å². The number of carbonyl (C=O) groups excluding carboxylic acids is 3. The van der Waals surface area contributed by atoms with Gasteiger partial charge in [0.05, 0.1) is 24.5 Å². The van der Waals surface area contributed by atoms with Gasteiger partial charge in [-0.15, -0.1) is 13.2 Å². The first-order chi connectivity index (χ1) is 17.1. The summed E-state index contributed by atoms with van der Waals surface area (Å²) in [4.78, 5) is 41.0. The lowest BCUT2D eigenvalue weighted by Crippen LogP contribution is -2.35. The van der Waals surface area contributed by atoms with E-state index in [0.29, 0.717) is 35.5 Å². The lowest BCUT2D eigenvalue weighted by Gasteiger charge is -2.23. The number of nitrogens with one attached hydrogen (secondary N) is 3. The number of hydrogen-bond acceptors (Lipinski definition) is 6. The van der Waals surface area contributed by atoms with Gasteiger partial charge in [0.2, 0.25) is 5.91 Å². The molecule has 0 spiro atoms. The summed E-state index contributed by atoms with van der Waals surface area (Å²) in [5, 5.41) is 8.34. The van der Waals surface area contributed by atoms with Crippen molar-refractivity contribution in [2.45, 2.75) is 51.7 Å². The second-order valence-electron chi connectivity index (χ2n) is 8.95. The van der Waals surface area contributed by atoms with E-state index in [-0.39, 0.29) is 12.3 Å². The molecule has 36 heavy (non-hydrogen) atoms. The van der Waals surface area contributed by atoms with Crippen LogP contribution < -0.4 is 16.0 Å². The summed E-state index contributed by atoms with van der Waals surface area (Å²) >= 11 is 0. The number of anilines is 2. The van der Waals surface area contributed by atoms with E-state index in [1.165, 1.54) is 7.11 Å². The van der Waals surface area contributed by atoms with Gasteiger partial charge in [-0.1, -0.05) is 18.2 Å². The Balaban J connectivity index is 2.43. The summed E-state index contributed by atoms with van der Waals surface area (Å²) in [6, 6.07) is 8.28. The van der Waals surface area contributed by atoms with Crippen molar-refractivity contribution in [1.82, 2.24) is 10.3 Å². The number of aromatic nitrogens is 1. The Morgan fingerprint density at radius 1 is 1.06 bits per heavy atom. The predicted molar refractivity (Wildman–Crippen MR) is 141 cm³/mol. The van der Waals surface area contributed by atoms with Crippen LogP contribution in [0.2, 0.25) is 0 Å². The SMILES string of the molecule is C=CCCC(=O)Nc1cc(NC(=O)OC)ccc1-c1ccnc([C@H](CC=C)NC(=O)OC(C)(C)C)c1. The first-order valence-corrected chi connectivity index (χ1v) is 11.5. The van der Waals surface area contributed by atoms with E-state index in [4.69, 9.17) is 4.74 Å². The summed E-state index contributed by atoms with van der Waals surface area (Å²) < 4.78 is 10.0. The number of amides is 3. The molecule has 0 saturated carbocycles. The van der Waals surface area contributed by atoms with Crippen LogP contribution in [0.5, 0.6) is 0 Å². The zero-order valence-corrected chi connectivity index (χ0v) is 21.2. The Morgan fingerprint density at radius 3 is 2.44 bits per heavy atom. The van der Waals surface area contributed by atoms with Gasteiger partial charge >= 0.3 is 12.2 Å². The Morgan fingerprint density at radius 2 is 1.81 bits per heavy atom. The van der Waals surface area contributed by atoms with Crippen molar-refractivity contribution in [2.75, 3.05) is 17.7 Å². The Bertz CT molecular complexity index is 1110. The number of methoxy groups -OCH3 is 1. The summed E-state index contributed by atoms with van der Waals surface area (Å²) in [7, 11) is 1.27. The third-order valence-electron chi connectivity index (χ3n) is 4.84. The summed E-state index contributed by atoms with van der Waals surface area (Å²) in [5.41, 5.74) is 2.36. The summed E-state index contributed by atoms with van der Waals surface area (Å²) in [5.74, 6) is -0.197. The largest absolute Gasteiger partial charge is 0.453 e. The van der Waals surface area contributed by atoms with Gasteiger partial charge in [0, 0.05) is 23.9 Å². The number of rotatable bonds is 10. The number of pyridine rings is 1. The third kappa shape index (κ3) is 8.90. The van der Waals surface area contributed by atoms with Gasteiger partial charge < -0.3 is 20.1 Å². The Labute approximate surface area is 212 Å². The van der Waals surface area contributed by atoms with Gasteiger partial charge in [-0.05, 0) is 63.4 Å². The van der Waals surface area contributed by atoms with Crippen LogP contribution >= 0.6 is 0 Å². The van der Waals surface area contributed by atoms with Gasteiger partial charge in [-0.2, -0.15) is 0 Å². The second-order valence-corrected chi connectivity index (χ2v) is 8.95. The molecule has 1 atom stereocenters. The van der Waals surface area contributed by atoms with Gasteiger partial charge in [-0.3, -0.25) is 15.1 Å². The molecule has 3 N–H and O–H groups in total. The topological polar surface area (TPSA) is 119 Å². The average molecular weight is 495 g/mol. The first-order valence-electron chi connectivity index (χ1n) is 11.5. The molecule has 0 radical (unpaired) electrons. The standard InChI is InChI=1S/C27H34N4O5/c1-7-9-11-24(32)30-22-17-19(29-25(33)35-6)12-13-20(22)18-14-15-28-23(16-18)21(10-8-2)31-26(34)36-27(3,4)5/h7-8,12-17,21H,1-2,9-11H2,3-6H3,(H,29,33)(H,30,32)(H,31,34)/t21-/m0/s1. The van der Waals surface area contributed by atoms with Crippen molar-refractivity contribution in [3.8, 4) is 11.1 Å². The fourth-order valence-corrected chi connectivity index (χ4v) is 3.27. The van der Waals surface area contributed by atoms with Gasteiger partial charge in [0.25, 0.3) is 0 Å². The minimum atomic E-state index is -0.642. The van der Waals surface area contributed by atoms with Crippen LogP contribution in [0.4, 0.5) is 21.0 Å². The van der Waals surface area contributed by atoms with Crippen molar-refractivity contribution in [3.05, 3.63) is 67.5 Å². The molecular weight excluding hydrogens is 460 g/mol. The molecule has 0 fully saturated rings. The predicted octanol–water partition coefficient (Wildman–Crippen LogP) is 5.97. The third-order valence-corrected chi connectivity index (χ3v) is 4.84. The van der Waals surface area contributed by atoms with Crippen LogP contribution in [0.25, 0.3) is 11.1 Å². The molecule has 9 nitrogen and oxygen atoms in total. The van der Waals surface area contributed by atoms with Crippen molar-refractivity contribution in [2.24, 2.45) is 0 Å². The fourth-order valence-electron chi connectivity index (χ4n) is 3.27. The number of ether oxygens (including phenoxy) is 2. The molecule has 3 amide bonds. The Hall–Kier alpha value is -4.14. The zero-order valence-electron chi connectivity index (χ0n) is 21.2. The number of carbonyl (C=O) groups is 3. The highest BCUT2D eigenvalue weighted by Gasteiger charge is 2.21. The Kier molecular flexibility index (Phi) is 10.2. The number of benzene rings is 1. The van der Waals surface area contributed by atoms with Crippen LogP contribution in [0.3, 0.4) is 0 Å². The van der Waals surface area contributed by atoms with Gasteiger partial charge in [-0.25, -0.2) is 9.59 Å². The van der Waals surface area contributed by atoms with Crippen molar-refractivity contribution in [1.29, 1.82) is 0 Å². The second kappa shape index (κ2) is 13.1. The van der Waals surface area contributed by atoms with E-state index < -0.39 is 23.8 Å². The first kappa shape index (κ1) is 28.1. The summed E-state index contributed by atoms with van der Waals surface area (Å²) in [6.07, 6.45) is 5.02. The zero-order chi connectivity index (χ0) is 26.7. The lowest BCUT2D eigenvalue weighted by atomic mass is 10.0. The number of allylic oxidation sites excluding steroid dienone is 1. The maximum atomic E-state index is 12.5. The number of alkyl carbamates (subject to hydrolysis) is 1. The van der Waals surface area contributed by atoms with E-state index in [1.807, 2.05) is 6.07 Å². The monoisotopic (exact) mass is 494 g/mol. The van der Waals surface area contributed by atoms with Crippen molar-refractivity contribution < 1.29 is 23.9 Å². The van der Waals surface area contributed by atoms with E-state index >= 15 is 0 Å². The highest BCUT2D eigenvalue weighted by molar-refractivity contribution is 5.97. The molecule has 0 aliphatic rings. The fraction of sp³-hybridized carbons (Fsp3) is 0.333. The van der Waals surface area contributed by atoms with E-state index in [2.05, 4.69) is 38.8 Å². The maximum absolute atomic E-state index is 12.5. The molecule has 0 saturated heterocycles. The van der Waals surface area contributed by atoms with Crippen molar-refractivity contribution in [3.63, 3.8) is 0 Å². The van der Waals surface area contributed by atoms with Crippen LogP contribution in [0.1, 0.15) is 51.8 Å². The molecule has 1 heterocycles. The number of nitrogens with zero attached hydrogens (tertiary/aromatic N) is 1. The molecule has 9 heteroatoms. The molecule has 0 bridgehead atoms. The van der Waals surface area contributed by atoms with E-state index in [0.717, 1.165) is 5.56 Å². The minimum absolute atomic E-state index is 0.197. The highest BCUT2D eigenvalue weighted by Crippen LogP contribution is 2.32. The van der Waals surface area contributed by atoms with Crippen molar-refractivity contribution >= 4 is 29.5 Å². The van der Waals surface area contributed by atoms with E-state index in [1.54, 1.807) is 63.4 Å². The highest BCUT2D eigenvalue weighted by atomic mass is 16.6. The summed E-state index contributed by atoms with van der Waals surface area (Å²) in [6.45, 7) is 12.8. The average Bonchev–Trinajstić information content (AvgIpc) is 2.81. The van der Waals surface area contributed by atoms with Gasteiger partial charge in [0.15, 0.2) is 0 Å². The normalized spacial score (nSPS) is 11.6. The molecule has 2 aromatic rings. The number of hydrogen-bond donors (Lipinski definition) is 3. The molecule has 0 unspecified atom stereocenters. The smallest absolute Gasteiger partial charge is 0.411 e. The minimum Gasteiger partial charge on any atom is -0.453 e. The molecule has 1 aromatic carbocycles. The maximum Gasteiger partial charge on any atom is 0.411 e. The van der Waals surface area contributed by atoms with Crippen LogP contribution in [-0.4, -0.2) is 35.8 Å². The molecule has 2 rings (SSSR count).